The van der Waals surface area contributed by atoms with Crippen LogP contribution in [0, 0.1) is 34.0 Å². The average Bonchev–Trinajstić information content (AvgIpc) is 2.78. The van der Waals surface area contributed by atoms with Crippen LogP contribution in [0.5, 0.6) is 0 Å². The molecule has 3 fully saturated rings. The zero-order valence-electron chi connectivity index (χ0n) is 14.9. The summed E-state index contributed by atoms with van der Waals surface area (Å²) in [4.78, 5) is 0. The molecule has 0 aromatic heterocycles. The lowest BCUT2D eigenvalue weighted by Crippen LogP contribution is -2.35. The van der Waals surface area contributed by atoms with Crippen molar-refractivity contribution >= 4 is 0 Å². The molecule has 0 spiro atoms. The van der Waals surface area contributed by atoms with Crippen molar-refractivity contribution in [1.82, 2.24) is 0 Å². The van der Waals surface area contributed by atoms with E-state index in [0.29, 0.717) is 10.8 Å². The Morgan fingerprint density at radius 2 is 1.76 bits per heavy atom. The van der Waals surface area contributed by atoms with Gasteiger partial charge in [0.25, 0.3) is 0 Å². The number of fused-ring (bicyclic) bond motifs is 3. The minimum absolute atomic E-state index is 0.0313. The lowest BCUT2D eigenvalue weighted by Gasteiger charge is -2.36. The number of aliphatic hydroxyl groups is 1. The van der Waals surface area contributed by atoms with Crippen molar-refractivity contribution in [2.75, 3.05) is 0 Å². The van der Waals surface area contributed by atoms with Gasteiger partial charge in [-0.05, 0) is 73.0 Å². The monoisotopic (exact) mass is 290 g/mol. The van der Waals surface area contributed by atoms with Crippen LogP contribution in [0.15, 0.2) is 11.6 Å². The molecule has 4 aliphatic rings. The average molecular weight is 290 g/mol. The van der Waals surface area contributed by atoms with Gasteiger partial charge >= 0.3 is 0 Å². The Morgan fingerprint density at radius 1 is 1.10 bits per heavy atom. The molecule has 2 bridgehead atoms. The zero-order chi connectivity index (χ0) is 15.6. The Labute approximate surface area is 131 Å². The lowest BCUT2D eigenvalue weighted by molar-refractivity contribution is 0.0126. The lowest BCUT2D eigenvalue weighted by atomic mass is 9.70. The third-order valence-electron chi connectivity index (χ3n) is 8.30. The smallest absolute Gasteiger partial charge is 0.0601 e. The summed E-state index contributed by atoms with van der Waals surface area (Å²) in [6.45, 7) is 14.0. The molecule has 0 aliphatic heterocycles. The summed E-state index contributed by atoms with van der Waals surface area (Å²) in [6, 6.07) is 0. The number of rotatable bonds is 0. The Bertz CT molecular complexity index is 458. The van der Waals surface area contributed by atoms with Crippen molar-refractivity contribution in [3.05, 3.63) is 11.6 Å². The SMILES string of the molecule is CC1(C)C2CCC1(C)C(O)C2.CC1=CCC2C(C1)C2(C)C. The Hall–Kier alpha value is -0.300. The van der Waals surface area contributed by atoms with Gasteiger partial charge in [0.1, 0.15) is 0 Å². The van der Waals surface area contributed by atoms with E-state index in [4.69, 9.17) is 0 Å². The Kier molecular flexibility index (Phi) is 3.41. The van der Waals surface area contributed by atoms with Crippen molar-refractivity contribution in [3.8, 4) is 0 Å². The molecule has 1 nitrogen and oxygen atoms in total. The van der Waals surface area contributed by atoms with Gasteiger partial charge in [0, 0.05) is 0 Å². The van der Waals surface area contributed by atoms with Crippen LogP contribution in [-0.4, -0.2) is 11.2 Å². The Morgan fingerprint density at radius 3 is 2.10 bits per heavy atom. The van der Waals surface area contributed by atoms with Crippen molar-refractivity contribution < 1.29 is 5.11 Å². The van der Waals surface area contributed by atoms with Crippen molar-refractivity contribution in [2.45, 2.75) is 79.8 Å². The van der Waals surface area contributed by atoms with Gasteiger partial charge in [0.15, 0.2) is 0 Å². The molecule has 3 saturated carbocycles. The fourth-order valence-electron chi connectivity index (χ4n) is 5.65. The van der Waals surface area contributed by atoms with E-state index in [1.54, 1.807) is 5.57 Å². The second kappa shape index (κ2) is 4.60. The van der Waals surface area contributed by atoms with Crippen LogP contribution in [0.25, 0.3) is 0 Å². The van der Waals surface area contributed by atoms with Crippen LogP contribution in [-0.2, 0) is 0 Å². The molecule has 1 N–H and O–H groups in total. The largest absolute Gasteiger partial charge is 0.393 e. The fourth-order valence-corrected chi connectivity index (χ4v) is 5.65. The van der Waals surface area contributed by atoms with E-state index in [1.165, 1.54) is 25.7 Å². The molecule has 4 rings (SSSR count). The molecule has 21 heavy (non-hydrogen) atoms. The maximum atomic E-state index is 9.81. The molecule has 0 radical (unpaired) electrons. The normalized spacial score (nSPS) is 48.0. The topological polar surface area (TPSA) is 20.2 Å². The molecule has 120 valence electrons. The molecular formula is C20H34O. The van der Waals surface area contributed by atoms with Crippen LogP contribution in [0.2, 0.25) is 0 Å². The standard InChI is InChI=1S/C10H18O.C10H16/c1-9(2)7-4-5-10(9,3)8(11)6-7;1-7-4-5-8-9(6-7)10(8,2)3/h7-8,11H,4-6H2,1-3H3;4,8-9H,5-6H2,1-3H3. The first kappa shape index (κ1) is 15.6. The molecule has 4 aliphatic carbocycles. The summed E-state index contributed by atoms with van der Waals surface area (Å²) in [6.07, 6.45) is 8.73. The van der Waals surface area contributed by atoms with E-state index >= 15 is 0 Å². The number of hydrogen-bond donors (Lipinski definition) is 1. The highest BCUT2D eigenvalue weighted by atomic mass is 16.3. The summed E-state index contributed by atoms with van der Waals surface area (Å²) in [5, 5.41) is 9.81. The van der Waals surface area contributed by atoms with Crippen molar-refractivity contribution in [1.29, 1.82) is 0 Å². The highest BCUT2D eigenvalue weighted by Crippen LogP contribution is 2.65. The molecule has 0 aromatic rings. The molecule has 0 heterocycles. The predicted molar refractivity (Wildman–Crippen MR) is 89.0 cm³/mol. The first-order valence-electron chi connectivity index (χ1n) is 8.94. The van der Waals surface area contributed by atoms with Gasteiger partial charge < -0.3 is 5.11 Å². The van der Waals surface area contributed by atoms with Gasteiger partial charge in [0.2, 0.25) is 0 Å². The molecular weight excluding hydrogens is 256 g/mol. The number of aliphatic hydroxyl groups excluding tert-OH is 1. The second-order valence-electron chi connectivity index (χ2n) is 9.65. The summed E-state index contributed by atoms with van der Waals surface area (Å²) < 4.78 is 0. The first-order chi connectivity index (χ1) is 9.60. The highest BCUT2D eigenvalue weighted by molar-refractivity contribution is 5.18. The molecule has 1 heteroatoms. The molecule has 0 aromatic carbocycles. The second-order valence-corrected chi connectivity index (χ2v) is 9.65. The predicted octanol–water partition coefficient (Wildman–Crippen LogP) is 5.19. The minimum Gasteiger partial charge on any atom is -0.393 e. The maximum absolute atomic E-state index is 9.81. The van der Waals surface area contributed by atoms with E-state index in [9.17, 15) is 5.11 Å². The van der Waals surface area contributed by atoms with E-state index in [-0.39, 0.29) is 11.5 Å². The fraction of sp³-hybridized carbons (Fsp3) is 0.900. The van der Waals surface area contributed by atoms with Gasteiger partial charge in [-0.25, -0.2) is 0 Å². The van der Waals surface area contributed by atoms with Gasteiger partial charge in [-0.2, -0.15) is 0 Å². The van der Waals surface area contributed by atoms with Crippen LogP contribution in [0.3, 0.4) is 0 Å². The summed E-state index contributed by atoms with van der Waals surface area (Å²) >= 11 is 0. The van der Waals surface area contributed by atoms with Crippen molar-refractivity contribution in [3.63, 3.8) is 0 Å². The summed E-state index contributed by atoms with van der Waals surface area (Å²) in [5.74, 6) is 2.83. The number of hydrogen-bond acceptors (Lipinski definition) is 1. The quantitative estimate of drug-likeness (QED) is 0.608. The van der Waals surface area contributed by atoms with E-state index in [0.717, 1.165) is 24.2 Å². The van der Waals surface area contributed by atoms with E-state index in [1.807, 2.05) is 0 Å². The summed E-state index contributed by atoms with van der Waals surface area (Å²) in [7, 11) is 0. The maximum Gasteiger partial charge on any atom is 0.0601 e. The molecule has 5 atom stereocenters. The third kappa shape index (κ3) is 2.14. The van der Waals surface area contributed by atoms with Gasteiger partial charge in [-0.15, -0.1) is 0 Å². The van der Waals surface area contributed by atoms with Gasteiger partial charge in [0.05, 0.1) is 6.10 Å². The van der Waals surface area contributed by atoms with Crippen LogP contribution in [0.4, 0.5) is 0 Å². The Balaban J connectivity index is 0.000000126. The van der Waals surface area contributed by atoms with E-state index in [2.05, 4.69) is 47.6 Å². The van der Waals surface area contributed by atoms with Gasteiger partial charge in [-0.1, -0.05) is 46.3 Å². The molecule has 0 amide bonds. The minimum atomic E-state index is -0.0313. The zero-order valence-corrected chi connectivity index (χ0v) is 14.9. The first-order valence-corrected chi connectivity index (χ1v) is 8.94. The van der Waals surface area contributed by atoms with Crippen molar-refractivity contribution in [2.24, 2.45) is 34.0 Å². The van der Waals surface area contributed by atoms with Gasteiger partial charge in [-0.3, -0.25) is 0 Å². The molecule has 0 saturated heterocycles. The third-order valence-corrected chi connectivity index (χ3v) is 8.30. The number of allylic oxidation sites excluding steroid dienone is 2. The summed E-state index contributed by atoms with van der Waals surface area (Å²) in [5.41, 5.74) is 2.89. The highest BCUT2D eigenvalue weighted by Gasteiger charge is 2.61. The van der Waals surface area contributed by atoms with Crippen LogP contribution in [0.1, 0.15) is 73.6 Å². The molecule has 5 unspecified atom stereocenters. The van der Waals surface area contributed by atoms with Crippen LogP contribution < -0.4 is 0 Å². The van der Waals surface area contributed by atoms with Crippen LogP contribution >= 0.6 is 0 Å². The van der Waals surface area contributed by atoms with E-state index < -0.39 is 0 Å².